The second-order valence-corrected chi connectivity index (χ2v) is 5.80. The van der Waals surface area contributed by atoms with Crippen LogP contribution in [0.5, 0.6) is 0 Å². The van der Waals surface area contributed by atoms with Crippen molar-refractivity contribution in [2.24, 2.45) is 17.8 Å². The van der Waals surface area contributed by atoms with Crippen LogP contribution in [0.15, 0.2) is 29.2 Å². The Balaban J connectivity index is 1.98. The molecule has 0 radical (unpaired) electrons. The van der Waals surface area contributed by atoms with Gasteiger partial charge in [0.1, 0.15) is 0 Å². The fourth-order valence-corrected chi connectivity index (χ4v) is 3.35. The number of pyridine rings is 1. The Morgan fingerprint density at radius 1 is 1.37 bits per heavy atom. The molecule has 1 aromatic heterocycles. The van der Waals surface area contributed by atoms with E-state index in [0.717, 1.165) is 6.42 Å². The number of ketones is 1. The fraction of sp³-hybridized carbons (Fsp3) is 0.625. The van der Waals surface area contributed by atoms with E-state index >= 15 is 0 Å². The number of hydrogen-bond donors (Lipinski definition) is 0. The summed E-state index contributed by atoms with van der Waals surface area (Å²) in [4.78, 5) is 23.8. The van der Waals surface area contributed by atoms with E-state index in [1.807, 2.05) is 0 Å². The summed E-state index contributed by atoms with van der Waals surface area (Å²) < 4.78 is 1.50. The van der Waals surface area contributed by atoms with Crippen molar-refractivity contribution in [3.8, 4) is 0 Å². The Morgan fingerprint density at radius 2 is 2.16 bits per heavy atom. The van der Waals surface area contributed by atoms with Gasteiger partial charge >= 0.3 is 0 Å². The first kappa shape index (κ1) is 14.0. The number of aromatic nitrogens is 1. The van der Waals surface area contributed by atoms with Gasteiger partial charge in [-0.3, -0.25) is 9.59 Å². The molecule has 3 nitrogen and oxygen atoms in total. The molecule has 104 valence electrons. The van der Waals surface area contributed by atoms with Crippen molar-refractivity contribution in [1.82, 2.24) is 4.57 Å². The summed E-state index contributed by atoms with van der Waals surface area (Å²) >= 11 is 0. The van der Waals surface area contributed by atoms with Crippen molar-refractivity contribution in [1.29, 1.82) is 0 Å². The molecule has 1 saturated carbocycles. The van der Waals surface area contributed by atoms with Crippen LogP contribution in [0.4, 0.5) is 0 Å². The average Bonchev–Trinajstić information content (AvgIpc) is 2.73. The van der Waals surface area contributed by atoms with Gasteiger partial charge in [-0.2, -0.15) is 0 Å². The third-order valence-corrected chi connectivity index (χ3v) is 4.56. The average molecular weight is 261 g/mol. The van der Waals surface area contributed by atoms with Crippen molar-refractivity contribution < 1.29 is 4.79 Å². The Hall–Kier alpha value is -1.38. The second kappa shape index (κ2) is 6.18. The zero-order valence-electron chi connectivity index (χ0n) is 11.8. The summed E-state index contributed by atoms with van der Waals surface area (Å²) in [6.07, 6.45) is 5.97. The van der Waals surface area contributed by atoms with E-state index in [-0.39, 0.29) is 17.9 Å². The lowest BCUT2D eigenvalue weighted by atomic mass is 9.84. The first-order valence-corrected chi connectivity index (χ1v) is 7.29. The standard InChI is InChI=1S/C16H23NO2/c1-3-13-8-7-12(2)15(13)10-14(18)11-17-9-5-4-6-16(17)19/h4-6,9,12-13,15H,3,7-8,10-11H2,1-2H3. The maximum Gasteiger partial charge on any atom is 0.250 e. The highest BCUT2D eigenvalue weighted by Gasteiger charge is 2.33. The van der Waals surface area contributed by atoms with Gasteiger partial charge in [0, 0.05) is 18.7 Å². The minimum atomic E-state index is -0.0950. The molecule has 1 aliphatic rings. The van der Waals surface area contributed by atoms with Gasteiger partial charge in [0.05, 0.1) is 6.54 Å². The molecule has 3 heteroatoms. The lowest BCUT2D eigenvalue weighted by Crippen LogP contribution is -2.25. The van der Waals surface area contributed by atoms with Crippen molar-refractivity contribution in [2.75, 3.05) is 0 Å². The van der Waals surface area contributed by atoms with E-state index in [1.165, 1.54) is 23.5 Å². The van der Waals surface area contributed by atoms with Gasteiger partial charge in [0.2, 0.25) is 0 Å². The highest BCUT2D eigenvalue weighted by atomic mass is 16.1. The van der Waals surface area contributed by atoms with Crippen LogP contribution in [0, 0.1) is 17.8 Å². The molecule has 2 rings (SSSR count). The Bertz CT molecular complexity index is 492. The van der Waals surface area contributed by atoms with Gasteiger partial charge in [-0.1, -0.05) is 32.8 Å². The van der Waals surface area contributed by atoms with Crippen molar-refractivity contribution in [3.63, 3.8) is 0 Å². The summed E-state index contributed by atoms with van der Waals surface area (Å²) in [7, 11) is 0. The first-order chi connectivity index (χ1) is 9.11. The van der Waals surface area contributed by atoms with Gasteiger partial charge in [0.25, 0.3) is 5.56 Å². The van der Waals surface area contributed by atoms with Crippen LogP contribution in [0.1, 0.15) is 39.5 Å². The van der Waals surface area contributed by atoms with Crippen LogP contribution in [-0.2, 0) is 11.3 Å². The Kier molecular flexibility index (Phi) is 4.56. The predicted octanol–water partition coefficient (Wildman–Crippen LogP) is 2.88. The molecule has 1 aromatic rings. The fourth-order valence-electron chi connectivity index (χ4n) is 3.35. The zero-order chi connectivity index (χ0) is 13.8. The smallest absolute Gasteiger partial charge is 0.250 e. The molecule has 1 heterocycles. The monoisotopic (exact) mass is 261 g/mol. The van der Waals surface area contributed by atoms with E-state index < -0.39 is 0 Å². The van der Waals surface area contributed by atoms with Gasteiger partial charge < -0.3 is 4.57 Å². The van der Waals surface area contributed by atoms with Gasteiger partial charge in [-0.15, -0.1) is 0 Å². The second-order valence-electron chi connectivity index (χ2n) is 5.80. The van der Waals surface area contributed by atoms with Crippen LogP contribution < -0.4 is 5.56 Å². The molecule has 3 unspecified atom stereocenters. The number of hydrogen-bond acceptors (Lipinski definition) is 2. The van der Waals surface area contributed by atoms with Crippen LogP contribution in [-0.4, -0.2) is 10.4 Å². The van der Waals surface area contributed by atoms with Gasteiger partial charge in [-0.05, 0) is 30.2 Å². The molecular weight excluding hydrogens is 238 g/mol. The molecule has 0 aliphatic heterocycles. The lowest BCUT2D eigenvalue weighted by molar-refractivity contribution is -0.121. The molecule has 0 bridgehead atoms. The highest BCUT2D eigenvalue weighted by Crippen LogP contribution is 2.40. The number of Topliss-reactive ketones (excluding diaryl/α,β-unsaturated/α-hetero) is 1. The molecule has 0 spiro atoms. The molecule has 19 heavy (non-hydrogen) atoms. The Morgan fingerprint density at radius 3 is 2.84 bits per heavy atom. The van der Waals surface area contributed by atoms with Crippen molar-refractivity contribution in [3.05, 3.63) is 34.7 Å². The highest BCUT2D eigenvalue weighted by molar-refractivity contribution is 5.78. The lowest BCUT2D eigenvalue weighted by Gasteiger charge is -2.21. The first-order valence-electron chi connectivity index (χ1n) is 7.29. The zero-order valence-corrected chi connectivity index (χ0v) is 11.8. The maximum absolute atomic E-state index is 12.2. The topological polar surface area (TPSA) is 39.1 Å². The summed E-state index contributed by atoms with van der Waals surface area (Å²) in [5, 5.41) is 0. The summed E-state index contributed by atoms with van der Waals surface area (Å²) in [6.45, 7) is 4.68. The minimum Gasteiger partial charge on any atom is -0.308 e. The molecule has 0 N–H and O–H groups in total. The van der Waals surface area contributed by atoms with Gasteiger partial charge in [-0.25, -0.2) is 0 Å². The number of carbonyl (C=O) groups is 1. The molecule has 0 amide bonds. The minimum absolute atomic E-state index is 0.0950. The molecular formula is C16H23NO2. The summed E-state index contributed by atoms with van der Waals surface area (Å²) in [5.74, 6) is 2.02. The Labute approximate surface area is 114 Å². The number of rotatable bonds is 5. The molecule has 0 aromatic carbocycles. The van der Waals surface area contributed by atoms with Crippen molar-refractivity contribution >= 4 is 5.78 Å². The predicted molar refractivity (Wildman–Crippen MR) is 76.0 cm³/mol. The van der Waals surface area contributed by atoms with E-state index in [2.05, 4.69) is 13.8 Å². The van der Waals surface area contributed by atoms with Crippen LogP contribution in [0.3, 0.4) is 0 Å². The summed E-state index contributed by atoms with van der Waals surface area (Å²) in [5.41, 5.74) is -0.0950. The van der Waals surface area contributed by atoms with E-state index in [0.29, 0.717) is 24.2 Å². The van der Waals surface area contributed by atoms with Gasteiger partial charge in [0.15, 0.2) is 5.78 Å². The summed E-state index contributed by atoms with van der Waals surface area (Å²) in [6, 6.07) is 5.00. The van der Waals surface area contributed by atoms with Crippen molar-refractivity contribution in [2.45, 2.75) is 46.1 Å². The third kappa shape index (κ3) is 3.34. The van der Waals surface area contributed by atoms with Crippen LogP contribution >= 0.6 is 0 Å². The van der Waals surface area contributed by atoms with E-state index in [9.17, 15) is 9.59 Å². The maximum atomic E-state index is 12.2. The van der Waals surface area contributed by atoms with Crippen LogP contribution in [0.25, 0.3) is 0 Å². The molecule has 1 aliphatic carbocycles. The third-order valence-electron chi connectivity index (χ3n) is 4.56. The number of nitrogens with zero attached hydrogens (tertiary/aromatic N) is 1. The SMILES string of the molecule is CCC1CCC(C)C1CC(=O)Cn1ccccc1=O. The molecule has 1 fully saturated rings. The van der Waals surface area contributed by atoms with Crippen LogP contribution in [0.2, 0.25) is 0 Å². The van der Waals surface area contributed by atoms with E-state index in [4.69, 9.17) is 0 Å². The molecule has 3 atom stereocenters. The normalized spacial score (nSPS) is 26.5. The largest absolute Gasteiger partial charge is 0.308 e. The molecule has 0 saturated heterocycles. The number of carbonyl (C=O) groups excluding carboxylic acids is 1. The quantitative estimate of drug-likeness (QED) is 0.817. The van der Waals surface area contributed by atoms with E-state index in [1.54, 1.807) is 18.3 Å².